The Labute approximate surface area is 150 Å². The first-order valence-electron chi connectivity index (χ1n) is 6.39. The molecule has 19 heavy (non-hydrogen) atoms. The number of halogens is 2. The molecule has 2 aliphatic rings. The quantitative estimate of drug-likeness (QED) is 0.364. The van der Waals surface area contributed by atoms with E-state index in [1.54, 1.807) is 0 Å². The number of hydrogen-bond acceptors (Lipinski definition) is 0. The second-order valence-electron chi connectivity index (χ2n) is 4.12. The van der Waals surface area contributed by atoms with Crippen LogP contribution in [0, 0.1) is 12.2 Å². The number of rotatable bonds is 4. The largest absolute Gasteiger partial charge is 0.269 e. The summed E-state index contributed by atoms with van der Waals surface area (Å²) in [7, 11) is 0. The molecule has 0 aromatic rings. The zero-order valence-electron chi connectivity index (χ0n) is 11.9. The van der Waals surface area contributed by atoms with Gasteiger partial charge in [-0.3, -0.25) is 12.2 Å². The molecule has 0 heterocycles. The van der Waals surface area contributed by atoms with Crippen LogP contribution in [0.4, 0.5) is 0 Å². The van der Waals surface area contributed by atoms with Gasteiger partial charge in [-0.2, -0.15) is 12.2 Å². The van der Waals surface area contributed by atoms with Crippen molar-refractivity contribution in [2.75, 3.05) is 0 Å². The van der Waals surface area contributed by atoms with Crippen LogP contribution in [0.15, 0.2) is 35.5 Å². The van der Waals surface area contributed by atoms with Gasteiger partial charge in [0.05, 0.1) is 0 Å². The summed E-state index contributed by atoms with van der Waals surface area (Å²) in [6.45, 7) is 4.39. The van der Waals surface area contributed by atoms with E-state index in [0.29, 0.717) is 0 Å². The minimum absolute atomic E-state index is 0. The van der Waals surface area contributed by atoms with E-state index < -0.39 is 0 Å². The van der Waals surface area contributed by atoms with Gasteiger partial charge in [0.2, 0.25) is 0 Å². The zero-order chi connectivity index (χ0) is 11.6. The fraction of sp³-hybridized carbons (Fsp3) is 0.500. The van der Waals surface area contributed by atoms with Crippen LogP contribution in [0.2, 0.25) is 0 Å². The Morgan fingerprint density at radius 2 is 1.21 bits per heavy atom. The Hall–Kier alpha value is 0.410. The maximum absolute atomic E-state index is 3.26. The van der Waals surface area contributed by atoms with Crippen molar-refractivity contribution < 1.29 is 25.8 Å². The second kappa shape index (κ2) is 16.5. The molecule has 0 amide bonds. The number of allylic oxidation sites excluding steroid dienone is 8. The molecule has 2 rings (SSSR count). The van der Waals surface area contributed by atoms with Crippen LogP contribution >= 0.6 is 24.8 Å². The fourth-order valence-electron chi connectivity index (χ4n) is 1.78. The van der Waals surface area contributed by atoms with Crippen molar-refractivity contribution in [2.45, 2.75) is 52.4 Å². The normalized spacial score (nSPS) is 14.2. The maximum Gasteiger partial charge on any atom is 0 e. The third-order valence-corrected chi connectivity index (χ3v) is 2.57. The van der Waals surface area contributed by atoms with Crippen LogP contribution in [0.5, 0.6) is 0 Å². The van der Waals surface area contributed by atoms with Crippen LogP contribution in [-0.2, 0) is 25.8 Å². The average Bonchev–Trinajstić information content (AvgIpc) is 2.92. The van der Waals surface area contributed by atoms with Crippen molar-refractivity contribution >= 4 is 24.8 Å². The third-order valence-electron chi connectivity index (χ3n) is 2.57. The van der Waals surface area contributed by atoms with Crippen LogP contribution in [0.25, 0.3) is 0 Å². The van der Waals surface area contributed by atoms with Gasteiger partial charge in [-0.05, 0) is 0 Å². The molecular formula is C16H24Cl2Hf-2. The van der Waals surface area contributed by atoms with E-state index >= 15 is 0 Å². The smallest absolute Gasteiger partial charge is 0 e. The van der Waals surface area contributed by atoms with Gasteiger partial charge in [-0.25, -0.2) is 23.3 Å². The van der Waals surface area contributed by atoms with E-state index in [4.69, 9.17) is 0 Å². The molecule has 0 radical (unpaired) electrons. The van der Waals surface area contributed by atoms with Crippen molar-refractivity contribution in [1.82, 2.24) is 0 Å². The summed E-state index contributed by atoms with van der Waals surface area (Å²) in [5, 5.41) is 0. The van der Waals surface area contributed by atoms with Crippen LogP contribution in [0.1, 0.15) is 52.4 Å². The molecule has 0 saturated heterocycles. The van der Waals surface area contributed by atoms with Gasteiger partial charge in [0, 0.05) is 25.8 Å². The van der Waals surface area contributed by atoms with Crippen molar-refractivity contribution in [1.29, 1.82) is 0 Å². The first-order chi connectivity index (χ1) is 7.86. The molecule has 0 aliphatic heterocycles. The Bertz CT molecular complexity index is 283. The van der Waals surface area contributed by atoms with Gasteiger partial charge in [-0.1, -0.05) is 39.5 Å². The first kappa shape index (κ1) is 24.4. The monoisotopic (exact) mass is 466 g/mol. The minimum Gasteiger partial charge on any atom is -0.269 e. The van der Waals surface area contributed by atoms with Gasteiger partial charge < -0.3 is 0 Å². The van der Waals surface area contributed by atoms with E-state index in [1.165, 1.54) is 36.8 Å². The van der Waals surface area contributed by atoms with Crippen molar-refractivity contribution in [2.24, 2.45) is 0 Å². The van der Waals surface area contributed by atoms with E-state index in [9.17, 15) is 0 Å². The van der Waals surface area contributed by atoms with Gasteiger partial charge in [-0.15, -0.1) is 37.7 Å². The molecule has 0 bridgehead atoms. The molecule has 0 aromatic carbocycles. The third kappa shape index (κ3) is 11.9. The summed E-state index contributed by atoms with van der Waals surface area (Å²) in [5.74, 6) is 0. The van der Waals surface area contributed by atoms with E-state index in [1.807, 2.05) is 0 Å². The Morgan fingerprint density at radius 3 is 1.42 bits per heavy atom. The Morgan fingerprint density at radius 1 is 0.842 bits per heavy atom. The molecule has 0 N–H and O–H groups in total. The molecule has 0 saturated carbocycles. The summed E-state index contributed by atoms with van der Waals surface area (Å²) in [6, 6.07) is 0. The predicted octanol–water partition coefficient (Wildman–Crippen LogP) is 5.79. The fourth-order valence-corrected chi connectivity index (χ4v) is 1.78. The molecule has 0 spiro atoms. The molecule has 0 unspecified atom stereocenters. The topological polar surface area (TPSA) is 0 Å². The second-order valence-corrected chi connectivity index (χ2v) is 4.12. The van der Waals surface area contributed by atoms with Gasteiger partial charge in [0.25, 0.3) is 0 Å². The molecular weight excluding hydrogens is 442 g/mol. The molecule has 2 aliphatic carbocycles. The summed E-state index contributed by atoms with van der Waals surface area (Å²) < 4.78 is 0. The van der Waals surface area contributed by atoms with Crippen LogP contribution in [0.3, 0.4) is 0 Å². The summed E-state index contributed by atoms with van der Waals surface area (Å²) in [4.78, 5) is 0. The van der Waals surface area contributed by atoms with Gasteiger partial charge in [0.15, 0.2) is 0 Å². The van der Waals surface area contributed by atoms with E-state index in [2.05, 4.69) is 50.3 Å². The van der Waals surface area contributed by atoms with Crippen molar-refractivity contribution in [3.8, 4) is 0 Å². The van der Waals surface area contributed by atoms with Gasteiger partial charge >= 0.3 is 0 Å². The van der Waals surface area contributed by atoms with Crippen molar-refractivity contribution in [3.63, 3.8) is 0 Å². The minimum atomic E-state index is 0. The summed E-state index contributed by atoms with van der Waals surface area (Å²) >= 11 is 0. The Kier molecular flexibility index (Phi) is 21.2. The molecule has 0 nitrogen and oxygen atoms in total. The zero-order valence-corrected chi connectivity index (χ0v) is 17.1. The molecule has 3 heteroatoms. The van der Waals surface area contributed by atoms with Crippen LogP contribution in [-0.4, -0.2) is 0 Å². The average molecular weight is 466 g/mol. The molecule has 0 aromatic heterocycles. The van der Waals surface area contributed by atoms with Gasteiger partial charge in [0.1, 0.15) is 0 Å². The van der Waals surface area contributed by atoms with E-state index in [0.717, 1.165) is 12.8 Å². The van der Waals surface area contributed by atoms with Crippen molar-refractivity contribution in [3.05, 3.63) is 47.6 Å². The maximum atomic E-state index is 3.26. The SMILES string of the molecule is CCCC1=[C-]CC=C1.CCCC1=[C-]CC=C1.Cl.Cl.[Hf]. The molecule has 0 atom stereocenters. The first-order valence-corrected chi connectivity index (χ1v) is 6.39. The number of hydrogen-bond donors (Lipinski definition) is 0. The standard InChI is InChI=1S/2C8H11.2ClH.Hf/c2*1-2-5-8-6-3-4-7-8;;;/h2*3,6H,2,4-5H2,1H3;2*1H;/q2*-1;;;. The summed E-state index contributed by atoms with van der Waals surface area (Å²) in [5.41, 5.74) is 2.79. The molecule has 0 fully saturated rings. The van der Waals surface area contributed by atoms with Crippen LogP contribution < -0.4 is 0 Å². The Balaban J connectivity index is -0.000000233. The molecule has 108 valence electrons. The predicted molar refractivity (Wildman–Crippen MR) is 85.3 cm³/mol. The summed E-state index contributed by atoms with van der Waals surface area (Å²) in [6.07, 6.45) is 22.2. The van der Waals surface area contributed by atoms with E-state index in [-0.39, 0.29) is 50.7 Å².